The quantitative estimate of drug-likeness (QED) is 0.682. The van der Waals surface area contributed by atoms with Crippen molar-refractivity contribution in [2.45, 2.75) is 31.3 Å². The van der Waals surface area contributed by atoms with E-state index in [1.807, 2.05) is 0 Å². The monoisotopic (exact) mass is 274 g/mol. The van der Waals surface area contributed by atoms with E-state index < -0.39 is 0 Å². The van der Waals surface area contributed by atoms with Crippen LogP contribution in [0.5, 0.6) is 0 Å². The van der Waals surface area contributed by atoms with Gasteiger partial charge in [-0.05, 0) is 35.5 Å². The molecule has 0 aromatic heterocycles. The standard InChI is InChI=1S/C11H18P4/c1-8-10-5-3-2-4-9(10)6-7-11(8)15(13)14-12/h2-5,8,11,14H,6-7,12-13H2,1H3. The summed E-state index contributed by atoms with van der Waals surface area (Å²) in [6.45, 7) is 2.41. The maximum absolute atomic E-state index is 3.10. The van der Waals surface area contributed by atoms with Crippen LogP contribution in [0.3, 0.4) is 0 Å². The van der Waals surface area contributed by atoms with Crippen LogP contribution in [-0.2, 0) is 6.42 Å². The Morgan fingerprint density at radius 1 is 1.40 bits per heavy atom. The molecule has 1 aromatic rings. The molecule has 1 aliphatic carbocycles. The highest BCUT2D eigenvalue weighted by molar-refractivity contribution is 8.61. The summed E-state index contributed by atoms with van der Waals surface area (Å²) in [5.74, 6) is 0.756. The van der Waals surface area contributed by atoms with Gasteiger partial charge in [0.15, 0.2) is 0 Å². The van der Waals surface area contributed by atoms with E-state index in [-0.39, 0.29) is 7.30 Å². The summed E-state index contributed by atoms with van der Waals surface area (Å²) in [7, 11) is 7.21. The Morgan fingerprint density at radius 2 is 2.13 bits per heavy atom. The van der Waals surface area contributed by atoms with Crippen molar-refractivity contribution in [2.75, 3.05) is 0 Å². The van der Waals surface area contributed by atoms with E-state index in [9.17, 15) is 0 Å². The highest BCUT2D eigenvalue weighted by Crippen LogP contribution is 2.72. The van der Waals surface area contributed by atoms with Gasteiger partial charge < -0.3 is 0 Å². The molecule has 0 radical (unpaired) electrons. The summed E-state index contributed by atoms with van der Waals surface area (Å²) >= 11 is 0. The fourth-order valence-electron chi connectivity index (χ4n) is 2.44. The lowest BCUT2D eigenvalue weighted by Crippen LogP contribution is -2.20. The van der Waals surface area contributed by atoms with Gasteiger partial charge in [-0.3, -0.25) is 0 Å². The summed E-state index contributed by atoms with van der Waals surface area (Å²) in [6.07, 6.45) is 2.67. The number of benzene rings is 1. The van der Waals surface area contributed by atoms with Crippen molar-refractivity contribution < 1.29 is 0 Å². The first-order valence-electron chi connectivity index (χ1n) is 5.32. The van der Waals surface area contributed by atoms with E-state index in [0.717, 1.165) is 19.5 Å². The second kappa shape index (κ2) is 5.52. The van der Waals surface area contributed by atoms with Crippen molar-refractivity contribution in [3.05, 3.63) is 35.4 Å². The molecule has 0 amide bonds. The maximum atomic E-state index is 3.10. The third-order valence-electron chi connectivity index (χ3n) is 3.34. The highest BCUT2D eigenvalue weighted by Gasteiger charge is 2.29. The van der Waals surface area contributed by atoms with Crippen molar-refractivity contribution in [3.63, 3.8) is 0 Å². The predicted octanol–water partition coefficient (Wildman–Crippen LogP) is 4.76. The lowest BCUT2D eigenvalue weighted by molar-refractivity contribution is 0.605. The van der Waals surface area contributed by atoms with Gasteiger partial charge in [-0.2, -0.15) is 0 Å². The van der Waals surface area contributed by atoms with Gasteiger partial charge in [0.25, 0.3) is 0 Å². The SMILES string of the molecule is CC1c2ccccc2CCC1P(P)PP. The molecule has 15 heavy (non-hydrogen) atoms. The molecule has 82 valence electrons. The van der Waals surface area contributed by atoms with Crippen LogP contribution in [0, 0.1) is 0 Å². The zero-order valence-electron chi connectivity index (χ0n) is 8.98. The first kappa shape index (κ1) is 12.4. The molecule has 0 N–H and O–H groups in total. The minimum atomic E-state index is 0.147. The molecule has 2 rings (SSSR count). The zero-order valence-corrected chi connectivity index (χ0v) is 13.2. The number of aryl methyl sites for hydroxylation is 1. The summed E-state index contributed by atoms with van der Waals surface area (Å²) in [5.41, 5.74) is 4.10. The number of fused-ring (bicyclic) bond motifs is 1. The van der Waals surface area contributed by atoms with Gasteiger partial charge >= 0.3 is 0 Å². The summed E-state index contributed by atoms with van der Waals surface area (Å²) in [6, 6.07) is 8.99. The topological polar surface area (TPSA) is 0 Å². The maximum Gasteiger partial charge on any atom is -0.00665 e. The molecular weight excluding hydrogens is 256 g/mol. The lowest BCUT2D eigenvalue weighted by Gasteiger charge is -2.34. The lowest BCUT2D eigenvalue weighted by atomic mass is 9.84. The van der Waals surface area contributed by atoms with Crippen molar-refractivity contribution >= 4 is 33.1 Å². The van der Waals surface area contributed by atoms with Crippen molar-refractivity contribution in [1.29, 1.82) is 0 Å². The molecule has 4 heteroatoms. The van der Waals surface area contributed by atoms with E-state index >= 15 is 0 Å². The average Bonchev–Trinajstić information content (AvgIpc) is 2.29. The first-order chi connectivity index (χ1) is 7.24. The van der Waals surface area contributed by atoms with Crippen LogP contribution >= 0.6 is 33.1 Å². The second-order valence-electron chi connectivity index (χ2n) is 4.13. The van der Waals surface area contributed by atoms with Crippen LogP contribution in [-0.4, -0.2) is 5.66 Å². The Labute approximate surface area is 100 Å². The molecule has 0 aliphatic heterocycles. The molecule has 6 atom stereocenters. The van der Waals surface area contributed by atoms with Gasteiger partial charge in [-0.25, -0.2) is 0 Å². The van der Waals surface area contributed by atoms with Gasteiger partial charge in [-0.15, -0.1) is 17.9 Å². The van der Waals surface area contributed by atoms with Crippen molar-refractivity contribution in [2.24, 2.45) is 0 Å². The van der Waals surface area contributed by atoms with Crippen LogP contribution in [0.15, 0.2) is 24.3 Å². The molecule has 1 aromatic carbocycles. The Hall–Kier alpha value is 0.940. The average molecular weight is 274 g/mol. The Kier molecular flexibility index (Phi) is 4.56. The smallest absolute Gasteiger partial charge is 0.00665 e. The fraction of sp³-hybridized carbons (Fsp3) is 0.455. The third-order valence-corrected chi connectivity index (χ3v) is 14.8. The van der Waals surface area contributed by atoms with Crippen LogP contribution in [0.2, 0.25) is 0 Å². The largest absolute Gasteiger partial charge is 0.110 e. The van der Waals surface area contributed by atoms with Crippen molar-refractivity contribution in [1.82, 2.24) is 0 Å². The normalized spacial score (nSPS) is 27.9. The Bertz CT molecular complexity index is 339. The third kappa shape index (κ3) is 2.61. The number of hydrogen-bond donors (Lipinski definition) is 0. The summed E-state index contributed by atoms with van der Waals surface area (Å²) in [5, 5.41) is 0. The summed E-state index contributed by atoms with van der Waals surface area (Å²) < 4.78 is 0. The molecule has 0 nitrogen and oxygen atoms in total. The van der Waals surface area contributed by atoms with Crippen LogP contribution in [0.4, 0.5) is 0 Å². The van der Waals surface area contributed by atoms with Crippen LogP contribution in [0.1, 0.15) is 30.4 Å². The number of hydrogen-bond acceptors (Lipinski definition) is 0. The molecule has 0 spiro atoms. The van der Waals surface area contributed by atoms with E-state index in [1.54, 1.807) is 11.1 Å². The van der Waals surface area contributed by atoms with Gasteiger partial charge in [0.2, 0.25) is 0 Å². The molecule has 0 saturated carbocycles. The molecule has 0 saturated heterocycles. The fourth-order valence-corrected chi connectivity index (χ4v) is 8.26. The predicted molar refractivity (Wildman–Crippen MR) is 81.6 cm³/mol. The van der Waals surface area contributed by atoms with Crippen molar-refractivity contribution in [3.8, 4) is 0 Å². The number of rotatable bonds is 2. The van der Waals surface area contributed by atoms with E-state index in [1.165, 1.54) is 12.8 Å². The molecule has 0 fully saturated rings. The molecule has 0 bridgehead atoms. The van der Waals surface area contributed by atoms with Gasteiger partial charge in [0.05, 0.1) is 0 Å². The van der Waals surface area contributed by atoms with E-state index in [2.05, 4.69) is 49.0 Å². The van der Waals surface area contributed by atoms with Gasteiger partial charge in [0.1, 0.15) is 0 Å². The van der Waals surface area contributed by atoms with Crippen LogP contribution in [0.25, 0.3) is 0 Å². The first-order valence-corrected chi connectivity index (χ1v) is 12.0. The van der Waals surface area contributed by atoms with E-state index in [4.69, 9.17) is 0 Å². The Morgan fingerprint density at radius 3 is 2.87 bits per heavy atom. The summed E-state index contributed by atoms with van der Waals surface area (Å²) in [4.78, 5) is 0. The molecular formula is C11H18P4. The minimum Gasteiger partial charge on any atom is -0.110 e. The second-order valence-corrected chi connectivity index (χ2v) is 13.7. The minimum absolute atomic E-state index is 0.147. The Balaban J connectivity index is 2.25. The van der Waals surface area contributed by atoms with E-state index in [0.29, 0.717) is 0 Å². The molecule has 0 heterocycles. The highest BCUT2D eigenvalue weighted by atomic mass is 32.6. The van der Waals surface area contributed by atoms with Gasteiger partial charge in [0, 0.05) is 0 Å². The molecule has 1 aliphatic rings. The zero-order chi connectivity index (χ0) is 10.8. The van der Waals surface area contributed by atoms with Gasteiger partial charge in [-0.1, -0.05) is 46.4 Å². The molecule has 6 unspecified atom stereocenters. The van der Waals surface area contributed by atoms with Crippen LogP contribution < -0.4 is 0 Å².